The summed E-state index contributed by atoms with van der Waals surface area (Å²) in [6.07, 6.45) is 0. The van der Waals surface area contributed by atoms with Crippen molar-refractivity contribution in [2.45, 2.75) is 12.1 Å². The van der Waals surface area contributed by atoms with E-state index >= 15 is 0 Å². The first-order valence-electron chi connectivity index (χ1n) is 7.11. The second kappa shape index (κ2) is 8.20. The summed E-state index contributed by atoms with van der Waals surface area (Å²) in [6, 6.07) is 6.73. The molecule has 2 aromatic rings. The number of amides is 3. The summed E-state index contributed by atoms with van der Waals surface area (Å²) in [6.45, 7) is 2.20. The standard InChI is InChI=1S/C14H18N6O3S/c1-3-16-13(22)17-11(21)8-24-14-19-18-12(20(14)15)9-6-4-5-7-10(9)23-2/h4-7H,3,8,15H2,1-2H3,(H2,16,17,21,22). The Morgan fingerprint density at radius 2 is 2.08 bits per heavy atom. The molecule has 1 heterocycles. The molecule has 0 unspecified atom stereocenters. The van der Waals surface area contributed by atoms with Crippen LogP contribution in [-0.4, -0.2) is 46.2 Å². The largest absolute Gasteiger partial charge is 0.496 e. The first-order valence-corrected chi connectivity index (χ1v) is 8.09. The molecule has 0 atom stereocenters. The molecule has 0 saturated heterocycles. The first-order chi connectivity index (χ1) is 11.6. The van der Waals surface area contributed by atoms with E-state index in [0.29, 0.717) is 28.8 Å². The Morgan fingerprint density at radius 1 is 1.33 bits per heavy atom. The van der Waals surface area contributed by atoms with Crippen LogP contribution in [-0.2, 0) is 4.79 Å². The molecule has 2 rings (SSSR count). The van der Waals surface area contributed by atoms with Crippen molar-refractivity contribution >= 4 is 23.7 Å². The van der Waals surface area contributed by atoms with Crippen molar-refractivity contribution in [3.63, 3.8) is 0 Å². The minimum atomic E-state index is -0.535. The Balaban J connectivity index is 2.05. The van der Waals surface area contributed by atoms with Crippen LogP contribution in [0.15, 0.2) is 29.4 Å². The number of nitrogens with two attached hydrogens (primary N) is 1. The van der Waals surface area contributed by atoms with Gasteiger partial charge < -0.3 is 15.9 Å². The lowest BCUT2D eigenvalue weighted by atomic mass is 10.2. The van der Waals surface area contributed by atoms with Crippen LogP contribution in [0.4, 0.5) is 4.79 Å². The molecule has 10 heteroatoms. The Kier molecular flexibility index (Phi) is 6.01. The van der Waals surface area contributed by atoms with Gasteiger partial charge in [-0.1, -0.05) is 23.9 Å². The Morgan fingerprint density at radius 3 is 2.79 bits per heavy atom. The Hall–Kier alpha value is -2.75. The maximum atomic E-state index is 11.7. The van der Waals surface area contributed by atoms with Crippen molar-refractivity contribution in [3.8, 4) is 17.1 Å². The SMILES string of the molecule is CCNC(=O)NC(=O)CSc1nnc(-c2ccccc2OC)n1N. The number of ether oxygens (including phenoxy) is 1. The number of nitrogen functional groups attached to an aromatic ring is 1. The predicted molar refractivity (Wildman–Crippen MR) is 90.1 cm³/mol. The predicted octanol–water partition coefficient (Wildman–Crippen LogP) is 0.605. The quantitative estimate of drug-likeness (QED) is 0.515. The number of carbonyl (C=O) groups excluding carboxylic acids is 2. The summed E-state index contributed by atoms with van der Waals surface area (Å²) in [5, 5.41) is 13.0. The fourth-order valence-electron chi connectivity index (χ4n) is 1.89. The van der Waals surface area contributed by atoms with Crippen molar-refractivity contribution < 1.29 is 14.3 Å². The van der Waals surface area contributed by atoms with E-state index < -0.39 is 11.9 Å². The molecule has 0 aliphatic carbocycles. The van der Waals surface area contributed by atoms with E-state index in [2.05, 4.69) is 20.8 Å². The smallest absolute Gasteiger partial charge is 0.321 e. The summed E-state index contributed by atoms with van der Waals surface area (Å²) in [7, 11) is 1.55. The summed E-state index contributed by atoms with van der Waals surface area (Å²) >= 11 is 1.08. The number of para-hydroxylation sites is 1. The molecular weight excluding hydrogens is 332 g/mol. The molecule has 9 nitrogen and oxygen atoms in total. The number of imide groups is 1. The highest BCUT2D eigenvalue weighted by Crippen LogP contribution is 2.29. The van der Waals surface area contributed by atoms with Crippen LogP contribution < -0.4 is 21.2 Å². The molecule has 0 bridgehead atoms. The van der Waals surface area contributed by atoms with Gasteiger partial charge in [0.1, 0.15) is 5.75 Å². The highest BCUT2D eigenvalue weighted by atomic mass is 32.2. The zero-order chi connectivity index (χ0) is 17.5. The van der Waals surface area contributed by atoms with E-state index in [4.69, 9.17) is 10.6 Å². The Labute approximate surface area is 142 Å². The molecule has 4 N–H and O–H groups in total. The van der Waals surface area contributed by atoms with Crippen LogP contribution in [0.25, 0.3) is 11.4 Å². The van der Waals surface area contributed by atoms with Crippen molar-refractivity contribution in [1.82, 2.24) is 25.5 Å². The number of rotatable bonds is 6. The van der Waals surface area contributed by atoms with Crippen molar-refractivity contribution in [2.75, 3.05) is 25.3 Å². The van der Waals surface area contributed by atoms with Gasteiger partial charge in [-0.2, -0.15) is 0 Å². The molecule has 0 aliphatic heterocycles. The van der Waals surface area contributed by atoms with Crippen LogP contribution in [0.5, 0.6) is 5.75 Å². The number of thioether (sulfide) groups is 1. The minimum absolute atomic E-state index is 0.0155. The molecule has 3 amide bonds. The third-order valence-electron chi connectivity index (χ3n) is 2.94. The third-order valence-corrected chi connectivity index (χ3v) is 3.88. The minimum Gasteiger partial charge on any atom is -0.496 e. The zero-order valence-electron chi connectivity index (χ0n) is 13.3. The third kappa shape index (κ3) is 4.16. The number of hydrogen-bond donors (Lipinski definition) is 3. The van der Waals surface area contributed by atoms with Gasteiger partial charge in [0.25, 0.3) is 0 Å². The van der Waals surface area contributed by atoms with Gasteiger partial charge in [-0.05, 0) is 19.1 Å². The number of hydrogen-bond acceptors (Lipinski definition) is 7. The van der Waals surface area contributed by atoms with Gasteiger partial charge in [0.2, 0.25) is 11.1 Å². The van der Waals surface area contributed by atoms with Crippen LogP contribution in [0.1, 0.15) is 6.92 Å². The first kappa shape index (κ1) is 17.6. The van der Waals surface area contributed by atoms with E-state index in [1.807, 2.05) is 18.2 Å². The van der Waals surface area contributed by atoms with Crippen LogP contribution >= 0.6 is 11.8 Å². The number of nitrogens with zero attached hydrogens (tertiary/aromatic N) is 3. The molecule has 128 valence electrons. The van der Waals surface area contributed by atoms with Crippen LogP contribution in [0, 0.1) is 0 Å². The molecule has 0 fully saturated rings. The van der Waals surface area contributed by atoms with Crippen molar-refractivity contribution in [3.05, 3.63) is 24.3 Å². The summed E-state index contributed by atoms with van der Waals surface area (Å²) in [5.41, 5.74) is 0.689. The maximum absolute atomic E-state index is 11.7. The lowest BCUT2D eigenvalue weighted by Gasteiger charge is -2.08. The van der Waals surface area contributed by atoms with Crippen molar-refractivity contribution in [1.29, 1.82) is 0 Å². The molecule has 24 heavy (non-hydrogen) atoms. The molecular formula is C14H18N6O3S. The van der Waals surface area contributed by atoms with Gasteiger partial charge in [0.15, 0.2) is 5.82 Å². The van der Waals surface area contributed by atoms with Crippen LogP contribution in [0.3, 0.4) is 0 Å². The number of aromatic nitrogens is 3. The van der Waals surface area contributed by atoms with Gasteiger partial charge in [0.05, 0.1) is 18.4 Å². The molecule has 0 aliphatic rings. The highest BCUT2D eigenvalue weighted by Gasteiger charge is 2.17. The molecule has 0 spiro atoms. The second-order valence-corrected chi connectivity index (χ2v) is 5.52. The monoisotopic (exact) mass is 350 g/mol. The fraction of sp³-hybridized carbons (Fsp3) is 0.286. The maximum Gasteiger partial charge on any atom is 0.321 e. The van der Waals surface area contributed by atoms with Crippen molar-refractivity contribution in [2.24, 2.45) is 0 Å². The van der Waals surface area contributed by atoms with E-state index in [9.17, 15) is 9.59 Å². The average Bonchev–Trinajstić information content (AvgIpc) is 2.93. The lowest BCUT2D eigenvalue weighted by Crippen LogP contribution is -2.40. The summed E-state index contributed by atoms with van der Waals surface area (Å²) < 4.78 is 6.56. The fourth-order valence-corrected chi connectivity index (χ4v) is 2.54. The zero-order valence-corrected chi connectivity index (χ0v) is 14.1. The molecule has 1 aromatic heterocycles. The molecule has 1 aromatic carbocycles. The van der Waals surface area contributed by atoms with Gasteiger partial charge in [-0.15, -0.1) is 10.2 Å². The molecule has 0 saturated carbocycles. The number of urea groups is 1. The van der Waals surface area contributed by atoms with Gasteiger partial charge in [0, 0.05) is 6.54 Å². The lowest BCUT2D eigenvalue weighted by molar-refractivity contribution is -0.117. The normalized spacial score (nSPS) is 10.2. The second-order valence-electron chi connectivity index (χ2n) is 4.57. The molecule has 0 radical (unpaired) electrons. The number of benzene rings is 1. The van der Waals surface area contributed by atoms with Gasteiger partial charge >= 0.3 is 6.03 Å². The highest BCUT2D eigenvalue weighted by molar-refractivity contribution is 7.99. The van der Waals surface area contributed by atoms with E-state index in [0.717, 1.165) is 11.8 Å². The number of nitrogens with one attached hydrogen (secondary N) is 2. The summed E-state index contributed by atoms with van der Waals surface area (Å²) in [5.74, 6) is 6.56. The van der Waals surface area contributed by atoms with E-state index in [1.165, 1.54) is 4.68 Å². The number of methoxy groups -OCH3 is 1. The topological polar surface area (TPSA) is 124 Å². The number of carbonyl (C=O) groups is 2. The van der Waals surface area contributed by atoms with E-state index in [1.54, 1.807) is 20.1 Å². The van der Waals surface area contributed by atoms with Gasteiger partial charge in [-0.25, -0.2) is 9.47 Å². The summed E-state index contributed by atoms with van der Waals surface area (Å²) in [4.78, 5) is 22.9. The van der Waals surface area contributed by atoms with Crippen LogP contribution in [0.2, 0.25) is 0 Å². The van der Waals surface area contributed by atoms with E-state index in [-0.39, 0.29) is 5.75 Å². The average molecular weight is 350 g/mol. The Bertz CT molecular complexity index is 733. The van der Waals surface area contributed by atoms with Gasteiger partial charge in [-0.3, -0.25) is 10.1 Å².